The number of carbonyl (C=O) groups is 1. The van der Waals surface area contributed by atoms with E-state index in [2.05, 4.69) is 15.3 Å². The first-order valence-corrected chi connectivity index (χ1v) is 6.73. The standard InChI is InChI=1S/C11H16ClN3O2S/c1-11(2,3)17-8(16)6-18-9-7(12)5-14-10(13-4)15-9/h5H,6H2,1-4H3,(H,13,14,15). The van der Waals surface area contributed by atoms with E-state index in [0.717, 1.165) is 0 Å². The molecule has 0 radical (unpaired) electrons. The van der Waals surface area contributed by atoms with E-state index in [1.807, 2.05) is 20.8 Å². The second kappa shape index (κ2) is 6.24. The van der Waals surface area contributed by atoms with Gasteiger partial charge >= 0.3 is 5.97 Å². The summed E-state index contributed by atoms with van der Waals surface area (Å²) in [6, 6.07) is 0. The van der Waals surface area contributed by atoms with Crippen molar-refractivity contribution in [2.24, 2.45) is 0 Å². The first kappa shape index (κ1) is 15.0. The first-order valence-electron chi connectivity index (χ1n) is 5.37. The highest BCUT2D eigenvalue weighted by molar-refractivity contribution is 8.00. The number of hydrogen-bond donors (Lipinski definition) is 1. The van der Waals surface area contributed by atoms with Gasteiger partial charge in [-0.15, -0.1) is 0 Å². The van der Waals surface area contributed by atoms with Gasteiger partial charge in [0.05, 0.1) is 17.0 Å². The number of halogens is 1. The van der Waals surface area contributed by atoms with E-state index in [-0.39, 0.29) is 11.7 Å². The molecule has 0 aromatic carbocycles. The van der Waals surface area contributed by atoms with Crippen LogP contribution in [0, 0.1) is 0 Å². The van der Waals surface area contributed by atoms with Crippen molar-refractivity contribution in [3.05, 3.63) is 11.2 Å². The van der Waals surface area contributed by atoms with Crippen molar-refractivity contribution in [2.45, 2.75) is 31.4 Å². The predicted octanol–water partition coefficient (Wildman–Crippen LogP) is 2.61. The van der Waals surface area contributed by atoms with Gasteiger partial charge in [-0.25, -0.2) is 9.97 Å². The van der Waals surface area contributed by atoms with Crippen LogP contribution in [0.15, 0.2) is 11.2 Å². The molecule has 0 fully saturated rings. The van der Waals surface area contributed by atoms with E-state index >= 15 is 0 Å². The monoisotopic (exact) mass is 289 g/mol. The normalized spacial score (nSPS) is 11.2. The highest BCUT2D eigenvalue weighted by Gasteiger charge is 2.17. The molecule has 0 saturated heterocycles. The predicted molar refractivity (Wildman–Crippen MR) is 73.2 cm³/mol. The third-order valence-corrected chi connectivity index (χ3v) is 3.04. The lowest BCUT2D eigenvalue weighted by atomic mass is 10.2. The minimum Gasteiger partial charge on any atom is -0.459 e. The molecule has 1 aromatic heterocycles. The van der Waals surface area contributed by atoms with Crippen molar-refractivity contribution in [2.75, 3.05) is 18.1 Å². The lowest BCUT2D eigenvalue weighted by molar-refractivity contribution is -0.151. The summed E-state index contributed by atoms with van der Waals surface area (Å²) in [5.74, 6) is 0.330. The van der Waals surface area contributed by atoms with E-state index in [9.17, 15) is 4.79 Å². The van der Waals surface area contributed by atoms with Crippen molar-refractivity contribution in [3.8, 4) is 0 Å². The zero-order valence-electron chi connectivity index (χ0n) is 10.8. The molecule has 0 atom stereocenters. The van der Waals surface area contributed by atoms with Gasteiger partial charge < -0.3 is 10.1 Å². The number of carbonyl (C=O) groups excluding carboxylic acids is 1. The second-order valence-electron chi connectivity index (χ2n) is 4.47. The number of aromatic nitrogens is 2. The molecule has 1 rings (SSSR count). The van der Waals surface area contributed by atoms with Gasteiger partial charge in [0.1, 0.15) is 10.6 Å². The molecule has 1 aromatic rings. The minimum atomic E-state index is -0.483. The number of nitrogens with one attached hydrogen (secondary N) is 1. The van der Waals surface area contributed by atoms with Crippen LogP contribution in [0.1, 0.15) is 20.8 Å². The van der Waals surface area contributed by atoms with Crippen LogP contribution in [0.3, 0.4) is 0 Å². The highest BCUT2D eigenvalue weighted by Crippen LogP contribution is 2.25. The highest BCUT2D eigenvalue weighted by atomic mass is 35.5. The van der Waals surface area contributed by atoms with Crippen LogP contribution in [-0.4, -0.2) is 34.3 Å². The van der Waals surface area contributed by atoms with Gasteiger partial charge in [-0.05, 0) is 20.8 Å². The number of esters is 1. The molecular weight excluding hydrogens is 274 g/mol. The quantitative estimate of drug-likeness (QED) is 0.522. The van der Waals surface area contributed by atoms with Crippen LogP contribution in [0.4, 0.5) is 5.95 Å². The summed E-state index contributed by atoms with van der Waals surface area (Å²) >= 11 is 7.17. The van der Waals surface area contributed by atoms with Crippen LogP contribution in [0.2, 0.25) is 5.02 Å². The Morgan fingerprint density at radius 2 is 2.22 bits per heavy atom. The van der Waals surface area contributed by atoms with Crippen LogP contribution >= 0.6 is 23.4 Å². The zero-order chi connectivity index (χ0) is 13.8. The van der Waals surface area contributed by atoms with E-state index < -0.39 is 5.60 Å². The molecule has 0 aliphatic rings. The molecule has 0 saturated carbocycles. The fourth-order valence-electron chi connectivity index (χ4n) is 1.07. The number of anilines is 1. The summed E-state index contributed by atoms with van der Waals surface area (Å²) in [7, 11) is 1.71. The Hall–Kier alpha value is -1.01. The van der Waals surface area contributed by atoms with E-state index in [0.29, 0.717) is 16.0 Å². The fourth-order valence-corrected chi connectivity index (χ4v) is 1.98. The molecule has 1 heterocycles. The Balaban J connectivity index is 2.60. The van der Waals surface area contributed by atoms with Crippen LogP contribution in [0.5, 0.6) is 0 Å². The number of hydrogen-bond acceptors (Lipinski definition) is 6. The lowest BCUT2D eigenvalue weighted by Gasteiger charge is -2.19. The second-order valence-corrected chi connectivity index (χ2v) is 5.84. The van der Waals surface area contributed by atoms with Crippen LogP contribution in [0.25, 0.3) is 0 Å². The maximum atomic E-state index is 11.6. The number of rotatable bonds is 4. The minimum absolute atomic E-state index is 0.164. The average Bonchev–Trinajstić information content (AvgIpc) is 2.25. The molecule has 0 amide bonds. The zero-order valence-corrected chi connectivity index (χ0v) is 12.4. The molecule has 100 valence electrons. The third-order valence-electron chi connectivity index (χ3n) is 1.68. The summed E-state index contributed by atoms with van der Waals surface area (Å²) in [4.78, 5) is 19.7. The summed E-state index contributed by atoms with van der Waals surface area (Å²) in [6.07, 6.45) is 1.50. The third kappa shape index (κ3) is 5.10. The summed E-state index contributed by atoms with van der Waals surface area (Å²) in [5, 5.41) is 3.79. The Morgan fingerprint density at radius 1 is 1.56 bits per heavy atom. The largest absolute Gasteiger partial charge is 0.459 e. The maximum absolute atomic E-state index is 11.6. The molecule has 5 nitrogen and oxygen atoms in total. The smallest absolute Gasteiger partial charge is 0.316 e. The SMILES string of the molecule is CNc1ncc(Cl)c(SCC(=O)OC(C)(C)C)n1. The Kier molecular flexibility index (Phi) is 5.22. The van der Waals surface area contributed by atoms with Crippen molar-refractivity contribution in [3.63, 3.8) is 0 Å². The van der Waals surface area contributed by atoms with Gasteiger partial charge in [0.25, 0.3) is 0 Å². The van der Waals surface area contributed by atoms with Gasteiger partial charge in [-0.2, -0.15) is 0 Å². The molecule has 0 unspecified atom stereocenters. The van der Waals surface area contributed by atoms with Crippen LogP contribution < -0.4 is 5.32 Å². The fraction of sp³-hybridized carbons (Fsp3) is 0.545. The van der Waals surface area contributed by atoms with Crippen molar-refractivity contribution >= 4 is 35.3 Å². The number of ether oxygens (including phenoxy) is 1. The topological polar surface area (TPSA) is 64.1 Å². The summed E-state index contributed by atoms with van der Waals surface area (Å²) in [6.45, 7) is 5.48. The molecular formula is C11H16ClN3O2S. The van der Waals surface area contributed by atoms with E-state index in [1.165, 1.54) is 18.0 Å². The molecule has 0 aliphatic heterocycles. The summed E-state index contributed by atoms with van der Waals surface area (Å²) in [5.41, 5.74) is -0.483. The van der Waals surface area contributed by atoms with Crippen molar-refractivity contribution < 1.29 is 9.53 Å². The molecule has 7 heteroatoms. The lowest BCUT2D eigenvalue weighted by Crippen LogP contribution is -2.24. The van der Waals surface area contributed by atoms with Gasteiger partial charge in [-0.1, -0.05) is 23.4 Å². The maximum Gasteiger partial charge on any atom is 0.316 e. The molecule has 0 aliphatic carbocycles. The van der Waals surface area contributed by atoms with Crippen molar-refractivity contribution in [1.29, 1.82) is 0 Å². The van der Waals surface area contributed by atoms with Crippen LogP contribution in [-0.2, 0) is 9.53 Å². The number of thioether (sulfide) groups is 1. The van der Waals surface area contributed by atoms with E-state index in [4.69, 9.17) is 16.3 Å². The van der Waals surface area contributed by atoms with Gasteiger partial charge in [0.2, 0.25) is 5.95 Å². The molecule has 0 spiro atoms. The van der Waals surface area contributed by atoms with Gasteiger partial charge in [-0.3, -0.25) is 4.79 Å². The molecule has 18 heavy (non-hydrogen) atoms. The van der Waals surface area contributed by atoms with Gasteiger partial charge in [0, 0.05) is 7.05 Å². The van der Waals surface area contributed by atoms with Gasteiger partial charge in [0.15, 0.2) is 0 Å². The summed E-state index contributed by atoms with van der Waals surface area (Å²) < 4.78 is 5.19. The van der Waals surface area contributed by atoms with E-state index in [1.54, 1.807) is 7.05 Å². The first-order chi connectivity index (χ1) is 8.31. The Morgan fingerprint density at radius 3 is 2.78 bits per heavy atom. The number of nitrogens with zero attached hydrogens (tertiary/aromatic N) is 2. The molecule has 1 N–H and O–H groups in total. The Bertz CT molecular complexity index is 435. The molecule has 0 bridgehead atoms. The average molecular weight is 290 g/mol. The Labute approximate surface area is 116 Å². The van der Waals surface area contributed by atoms with Crippen molar-refractivity contribution in [1.82, 2.24) is 9.97 Å².